The Kier molecular flexibility index (Phi) is 4.88. The molecular weight excluding hydrogens is 370 g/mol. The number of rotatable bonds is 3. The van der Waals surface area contributed by atoms with E-state index in [0.29, 0.717) is 42.9 Å². The van der Waals surface area contributed by atoms with Gasteiger partial charge in [0.2, 0.25) is 5.91 Å². The predicted molar refractivity (Wildman–Crippen MR) is 105 cm³/mol. The van der Waals surface area contributed by atoms with Gasteiger partial charge in [-0.15, -0.1) is 0 Å². The Labute approximate surface area is 168 Å². The quantitative estimate of drug-likeness (QED) is 0.745. The Balaban J connectivity index is 1.37. The van der Waals surface area contributed by atoms with Gasteiger partial charge in [-0.3, -0.25) is 24.1 Å². The second-order valence-corrected chi connectivity index (χ2v) is 7.23. The van der Waals surface area contributed by atoms with E-state index in [-0.39, 0.29) is 18.4 Å². The molecule has 29 heavy (non-hydrogen) atoms. The molecule has 2 heterocycles. The molecule has 0 aliphatic carbocycles. The van der Waals surface area contributed by atoms with Crippen LogP contribution in [0.5, 0.6) is 0 Å². The Morgan fingerprint density at radius 2 is 1.31 bits per heavy atom. The van der Waals surface area contributed by atoms with Crippen LogP contribution in [0.3, 0.4) is 0 Å². The highest BCUT2D eigenvalue weighted by Crippen LogP contribution is 2.22. The summed E-state index contributed by atoms with van der Waals surface area (Å²) in [6, 6.07) is 14.0. The molecule has 0 saturated carbocycles. The Morgan fingerprint density at radius 3 is 1.90 bits per heavy atom. The molecule has 1 saturated heterocycles. The maximum absolute atomic E-state index is 12.7. The monoisotopic (exact) mass is 391 g/mol. The Morgan fingerprint density at radius 1 is 0.793 bits per heavy atom. The van der Waals surface area contributed by atoms with Gasteiger partial charge in [-0.1, -0.05) is 30.3 Å². The second-order valence-electron chi connectivity index (χ2n) is 7.23. The Bertz CT molecular complexity index is 974. The van der Waals surface area contributed by atoms with E-state index in [2.05, 4.69) is 0 Å². The summed E-state index contributed by atoms with van der Waals surface area (Å²) in [6.45, 7) is 3.20. The summed E-state index contributed by atoms with van der Waals surface area (Å²) in [5, 5.41) is 0. The zero-order valence-corrected chi connectivity index (χ0v) is 16.1. The zero-order chi connectivity index (χ0) is 20.5. The lowest BCUT2D eigenvalue weighted by molar-refractivity contribution is -0.132. The van der Waals surface area contributed by atoms with Gasteiger partial charge in [-0.25, -0.2) is 0 Å². The molecule has 0 spiro atoms. The number of nitrogens with zero attached hydrogens (tertiary/aromatic N) is 3. The molecule has 0 N–H and O–H groups in total. The van der Waals surface area contributed by atoms with Crippen LogP contribution in [0.1, 0.15) is 36.6 Å². The number of carbonyl (C=O) groups is 4. The van der Waals surface area contributed by atoms with E-state index in [0.717, 1.165) is 10.5 Å². The SMILES string of the molecule is Cc1ccccc1C(=O)N1CCN(C(=O)CN2C(=O)c3ccccc3C2=O)CC1. The first kappa shape index (κ1) is 18.9. The van der Waals surface area contributed by atoms with Gasteiger partial charge in [0.15, 0.2) is 0 Å². The van der Waals surface area contributed by atoms with Crippen LogP contribution < -0.4 is 0 Å². The summed E-state index contributed by atoms with van der Waals surface area (Å²) in [5.41, 5.74) is 2.25. The fraction of sp³-hybridized carbons (Fsp3) is 0.273. The summed E-state index contributed by atoms with van der Waals surface area (Å²) in [6.07, 6.45) is 0. The van der Waals surface area contributed by atoms with E-state index in [9.17, 15) is 19.2 Å². The molecule has 0 unspecified atom stereocenters. The standard InChI is InChI=1S/C22H21N3O4/c1-15-6-2-3-7-16(15)20(27)24-12-10-23(11-13-24)19(26)14-25-21(28)17-8-4-5-9-18(17)22(25)29/h2-9H,10-14H2,1H3. The van der Waals surface area contributed by atoms with E-state index in [1.54, 1.807) is 40.1 Å². The molecule has 2 aromatic carbocycles. The summed E-state index contributed by atoms with van der Waals surface area (Å²) in [5.74, 6) is -1.21. The fourth-order valence-corrected chi connectivity index (χ4v) is 3.76. The maximum Gasteiger partial charge on any atom is 0.262 e. The van der Waals surface area contributed by atoms with E-state index >= 15 is 0 Å². The van der Waals surface area contributed by atoms with Gasteiger partial charge < -0.3 is 9.80 Å². The molecule has 4 amide bonds. The minimum Gasteiger partial charge on any atom is -0.338 e. The average Bonchev–Trinajstić information content (AvgIpc) is 2.99. The van der Waals surface area contributed by atoms with Crippen molar-refractivity contribution in [3.8, 4) is 0 Å². The molecule has 2 aliphatic heterocycles. The number of amides is 4. The highest BCUT2D eigenvalue weighted by Gasteiger charge is 2.37. The third kappa shape index (κ3) is 3.40. The van der Waals surface area contributed by atoms with E-state index in [4.69, 9.17) is 0 Å². The van der Waals surface area contributed by atoms with Crippen molar-refractivity contribution < 1.29 is 19.2 Å². The minimum atomic E-state index is -0.438. The first-order chi connectivity index (χ1) is 14.0. The number of carbonyl (C=O) groups excluding carboxylic acids is 4. The molecule has 0 aromatic heterocycles. The summed E-state index contributed by atoms with van der Waals surface area (Å²) >= 11 is 0. The topological polar surface area (TPSA) is 78.0 Å². The van der Waals surface area contributed by atoms with Crippen LogP contribution in [0.2, 0.25) is 0 Å². The molecule has 0 bridgehead atoms. The van der Waals surface area contributed by atoms with E-state index < -0.39 is 11.8 Å². The molecule has 7 nitrogen and oxygen atoms in total. The number of hydrogen-bond acceptors (Lipinski definition) is 4. The summed E-state index contributed by atoms with van der Waals surface area (Å²) in [4.78, 5) is 54.6. The fourth-order valence-electron chi connectivity index (χ4n) is 3.76. The molecule has 2 aromatic rings. The van der Waals surface area contributed by atoms with Crippen molar-refractivity contribution in [1.29, 1.82) is 0 Å². The molecular formula is C22H21N3O4. The smallest absolute Gasteiger partial charge is 0.262 e. The van der Waals surface area contributed by atoms with Crippen molar-refractivity contribution in [2.24, 2.45) is 0 Å². The second kappa shape index (κ2) is 7.50. The summed E-state index contributed by atoms with van der Waals surface area (Å²) in [7, 11) is 0. The number of benzene rings is 2. The predicted octanol–water partition coefficient (Wildman–Crippen LogP) is 1.58. The third-order valence-corrected chi connectivity index (χ3v) is 5.47. The Hall–Kier alpha value is -3.48. The lowest BCUT2D eigenvalue weighted by Gasteiger charge is -2.35. The van der Waals surface area contributed by atoms with Crippen LogP contribution in [0.25, 0.3) is 0 Å². The number of piperazine rings is 1. The van der Waals surface area contributed by atoms with Crippen molar-refractivity contribution in [1.82, 2.24) is 14.7 Å². The van der Waals surface area contributed by atoms with Gasteiger partial charge in [-0.05, 0) is 30.7 Å². The zero-order valence-electron chi connectivity index (χ0n) is 16.1. The van der Waals surface area contributed by atoms with Gasteiger partial charge in [0.1, 0.15) is 6.54 Å². The van der Waals surface area contributed by atoms with E-state index in [1.165, 1.54) is 0 Å². The highest BCUT2D eigenvalue weighted by atomic mass is 16.2. The number of hydrogen-bond donors (Lipinski definition) is 0. The van der Waals surface area contributed by atoms with Crippen molar-refractivity contribution in [3.05, 3.63) is 70.8 Å². The normalized spacial score (nSPS) is 16.2. The van der Waals surface area contributed by atoms with Crippen LogP contribution >= 0.6 is 0 Å². The number of fused-ring (bicyclic) bond motifs is 1. The molecule has 148 valence electrons. The molecule has 4 rings (SSSR count). The molecule has 7 heteroatoms. The third-order valence-electron chi connectivity index (χ3n) is 5.47. The van der Waals surface area contributed by atoms with Crippen LogP contribution in [-0.2, 0) is 4.79 Å². The van der Waals surface area contributed by atoms with Gasteiger partial charge >= 0.3 is 0 Å². The van der Waals surface area contributed by atoms with Gasteiger partial charge in [0, 0.05) is 31.7 Å². The maximum atomic E-state index is 12.7. The molecule has 0 radical (unpaired) electrons. The number of aryl methyl sites for hydroxylation is 1. The van der Waals surface area contributed by atoms with Crippen LogP contribution in [-0.4, -0.2) is 71.1 Å². The van der Waals surface area contributed by atoms with E-state index in [1.807, 2.05) is 25.1 Å². The first-order valence-electron chi connectivity index (χ1n) is 9.55. The molecule has 0 atom stereocenters. The average molecular weight is 391 g/mol. The van der Waals surface area contributed by atoms with Gasteiger partial charge in [0.05, 0.1) is 11.1 Å². The highest BCUT2D eigenvalue weighted by molar-refractivity contribution is 6.22. The van der Waals surface area contributed by atoms with Crippen molar-refractivity contribution >= 4 is 23.6 Å². The number of imide groups is 1. The largest absolute Gasteiger partial charge is 0.338 e. The lowest BCUT2D eigenvalue weighted by Crippen LogP contribution is -2.53. The molecule has 1 fully saturated rings. The van der Waals surface area contributed by atoms with Crippen molar-refractivity contribution in [2.75, 3.05) is 32.7 Å². The lowest BCUT2D eigenvalue weighted by atomic mass is 10.1. The van der Waals surface area contributed by atoms with Gasteiger partial charge in [0.25, 0.3) is 17.7 Å². The first-order valence-corrected chi connectivity index (χ1v) is 9.55. The van der Waals surface area contributed by atoms with Gasteiger partial charge in [-0.2, -0.15) is 0 Å². The van der Waals surface area contributed by atoms with Crippen molar-refractivity contribution in [3.63, 3.8) is 0 Å². The minimum absolute atomic E-state index is 0.0458. The van der Waals surface area contributed by atoms with Crippen LogP contribution in [0, 0.1) is 6.92 Å². The molecule has 2 aliphatic rings. The van der Waals surface area contributed by atoms with Crippen LogP contribution in [0.15, 0.2) is 48.5 Å². The summed E-state index contributed by atoms with van der Waals surface area (Å²) < 4.78 is 0. The van der Waals surface area contributed by atoms with Crippen molar-refractivity contribution in [2.45, 2.75) is 6.92 Å². The van der Waals surface area contributed by atoms with Crippen LogP contribution in [0.4, 0.5) is 0 Å².